The van der Waals surface area contributed by atoms with Gasteiger partial charge in [-0.25, -0.2) is 9.97 Å². The zero-order chi connectivity index (χ0) is 23.3. The van der Waals surface area contributed by atoms with Gasteiger partial charge in [0.1, 0.15) is 5.03 Å². The fraction of sp³-hybridized carbons (Fsp3) is 0.370. The van der Waals surface area contributed by atoms with Crippen LogP contribution in [-0.4, -0.2) is 60.0 Å². The Bertz CT molecular complexity index is 1090. The van der Waals surface area contributed by atoms with Crippen LogP contribution < -0.4 is 9.80 Å². The van der Waals surface area contributed by atoms with Crippen molar-refractivity contribution in [2.24, 2.45) is 5.92 Å². The average molecular weight is 474 g/mol. The molecule has 3 heterocycles. The predicted octanol–water partition coefficient (Wildman–Crippen LogP) is 4.50. The standard InChI is InChI=1S/C27H31N5OS/c1-21-7-9-24(10-8-21)34-26-25(28-13-14-29-26)31-15-11-22(12-16-31)27(33)32-19-17-30(18-20-32)23-5-3-2-4-6-23/h2-10,13-14,22H,11-12,15-20H2,1H3. The van der Waals surface area contributed by atoms with Gasteiger partial charge in [0.15, 0.2) is 5.82 Å². The molecule has 176 valence electrons. The van der Waals surface area contributed by atoms with Crippen LogP contribution in [0.5, 0.6) is 0 Å². The third-order valence-electron chi connectivity index (χ3n) is 6.74. The number of piperidine rings is 1. The van der Waals surface area contributed by atoms with E-state index in [4.69, 9.17) is 0 Å². The summed E-state index contributed by atoms with van der Waals surface area (Å²) in [7, 11) is 0. The smallest absolute Gasteiger partial charge is 0.225 e. The van der Waals surface area contributed by atoms with Gasteiger partial charge >= 0.3 is 0 Å². The fourth-order valence-corrected chi connectivity index (χ4v) is 5.63. The molecular weight excluding hydrogens is 442 g/mol. The van der Waals surface area contributed by atoms with Gasteiger partial charge in [0.05, 0.1) is 0 Å². The Morgan fingerprint density at radius 3 is 2.21 bits per heavy atom. The van der Waals surface area contributed by atoms with E-state index in [1.165, 1.54) is 11.3 Å². The molecule has 7 heteroatoms. The number of hydrogen-bond donors (Lipinski definition) is 0. The van der Waals surface area contributed by atoms with E-state index < -0.39 is 0 Å². The number of hydrogen-bond acceptors (Lipinski definition) is 6. The molecule has 3 aromatic rings. The van der Waals surface area contributed by atoms with E-state index in [1.54, 1.807) is 24.2 Å². The van der Waals surface area contributed by atoms with Crippen LogP contribution in [0, 0.1) is 12.8 Å². The van der Waals surface area contributed by atoms with Crippen LogP contribution in [0.3, 0.4) is 0 Å². The Morgan fingerprint density at radius 2 is 1.50 bits per heavy atom. The third-order valence-corrected chi connectivity index (χ3v) is 7.73. The largest absolute Gasteiger partial charge is 0.368 e. The molecule has 2 aliphatic rings. The molecule has 2 saturated heterocycles. The summed E-state index contributed by atoms with van der Waals surface area (Å²) >= 11 is 1.65. The molecule has 0 bridgehead atoms. The van der Waals surface area contributed by atoms with E-state index in [1.807, 2.05) is 6.07 Å². The van der Waals surface area contributed by atoms with E-state index in [2.05, 4.69) is 80.1 Å². The van der Waals surface area contributed by atoms with Crippen LogP contribution >= 0.6 is 11.8 Å². The molecule has 0 N–H and O–H groups in total. The van der Waals surface area contributed by atoms with Gasteiger partial charge in [-0.05, 0) is 44.0 Å². The quantitative estimate of drug-likeness (QED) is 0.544. The van der Waals surface area contributed by atoms with Crippen molar-refractivity contribution in [3.05, 3.63) is 72.6 Å². The summed E-state index contributed by atoms with van der Waals surface area (Å²) in [6.45, 7) is 7.16. The number of anilines is 2. The van der Waals surface area contributed by atoms with Gasteiger partial charge in [-0.1, -0.05) is 47.7 Å². The maximum Gasteiger partial charge on any atom is 0.225 e. The topological polar surface area (TPSA) is 52.6 Å². The summed E-state index contributed by atoms with van der Waals surface area (Å²) in [6, 6.07) is 19.0. The van der Waals surface area contributed by atoms with Crippen molar-refractivity contribution in [1.29, 1.82) is 0 Å². The number of carbonyl (C=O) groups excluding carboxylic acids is 1. The molecule has 2 aliphatic heterocycles. The first-order valence-electron chi connectivity index (χ1n) is 12.1. The Kier molecular flexibility index (Phi) is 7.00. The van der Waals surface area contributed by atoms with Crippen LogP contribution in [-0.2, 0) is 4.79 Å². The number of rotatable bonds is 5. The van der Waals surface area contributed by atoms with Gasteiger partial charge in [0.25, 0.3) is 0 Å². The zero-order valence-corrected chi connectivity index (χ0v) is 20.5. The summed E-state index contributed by atoms with van der Waals surface area (Å²) in [5.74, 6) is 1.35. The molecule has 0 aliphatic carbocycles. The molecule has 0 spiro atoms. The lowest BCUT2D eigenvalue weighted by Gasteiger charge is -2.39. The SMILES string of the molecule is Cc1ccc(Sc2nccnc2N2CCC(C(=O)N3CCN(c4ccccc4)CC3)CC2)cc1. The molecule has 2 fully saturated rings. The summed E-state index contributed by atoms with van der Waals surface area (Å²) in [5, 5.41) is 0.924. The molecule has 6 nitrogen and oxygen atoms in total. The normalized spacial score (nSPS) is 17.1. The molecule has 1 aromatic heterocycles. The predicted molar refractivity (Wildman–Crippen MR) is 138 cm³/mol. The van der Waals surface area contributed by atoms with Gasteiger partial charge in [-0.3, -0.25) is 4.79 Å². The van der Waals surface area contributed by atoms with Crippen molar-refractivity contribution in [2.75, 3.05) is 49.1 Å². The van der Waals surface area contributed by atoms with Crippen LogP contribution in [0.2, 0.25) is 0 Å². The van der Waals surface area contributed by atoms with E-state index in [0.29, 0.717) is 5.91 Å². The number of aromatic nitrogens is 2. The highest BCUT2D eigenvalue weighted by molar-refractivity contribution is 7.99. The van der Waals surface area contributed by atoms with Gasteiger partial charge in [-0.2, -0.15) is 0 Å². The van der Waals surface area contributed by atoms with Crippen LogP contribution in [0.1, 0.15) is 18.4 Å². The number of amides is 1. The average Bonchev–Trinajstić information content (AvgIpc) is 2.91. The second-order valence-electron chi connectivity index (χ2n) is 9.01. The van der Waals surface area contributed by atoms with Crippen molar-refractivity contribution in [2.45, 2.75) is 29.7 Å². The van der Waals surface area contributed by atoms with E-state index in [9.17, 15) is 4.79 Å². The number of benzene rings is 2. The number of aryl methyl sites for hydroxylation is 1. The minimum Gasteiger partial charge on any atom is -0.368 e. The summed E-state index contributed by atoms with van der Waals surface area (Å²) in [5.41, 5.74) is 2.49. The number of carbonyl (C=O) groups is 1. The second-order valence-corrected chi connectivity index (χ2v) is 10.1. The lowest BCUT2D eigenvalue weighted by molar-refractivity contribution is -0.136. The summed E-state index contributed by atoms with van der Waals surface area (Å²) in [4.78, 5) is 30.4. The van der Waals surface area contributed by atoms with Gasteiger partial charge in [0.2, 0.25) is 5.91 Å². The molecule has 5 rings (SSSR count). The second kappa shape index (κ2) is 10.5. The molecule has 0 atom stereocenters. The highest BCUT2D eigenvalue weighted by atomic mass is 32.2. The minimum absolute atomic E-state index is 0.101. The lowest BCUT2D eigenvalue weighted by Crippen LogP contribution is -2.51. The fourth-order valence-electron chi connectivity index (χ4n) is 4.75. The highest BCUT2D eigenvalue weighted by Crippen LogP contribution is 2.34. The first-order chi connectivity index (χ1) is 16.7. The summed E-state index contributed by atoms with van der Waals surface area (Å²) < 4.78 is 0. The van der Waals surface area contributed by atoms with Crippen LogP contribution in [0.25, 0.3) is 0 Å². The first-order valence-corrected chi connectivity index (χ1v) is 12.9. The Morgan fingerprint density at radius 1 is 0.824 bits per heavy atom. The monoisotopic (exact) mass is 473 g/mol. The minimum atomic E-state index is 0.101. The molecule has 0 radical (unpaired) electrons. The van der Waals surface area contributed by atoms with Crippen molar-refractivity contribution in [3.63, 3.8) is 0 Å². The first kappa shape index (κ1) is 22.7. The van der Waals surface area contributed by atoms with Crippen LogP contribution in [0.4, 0.5) is 11.5 Å². The zero-order valence-electron chi connectivity index (χ0n) is 19.6. The molecular formula is C27H31N5OS. The van der Waals surface area contributed by atoms with E-state index >= 15 is 0 Å². The van der Waals surface area contributed by atoms with E-state index in [-0.39, 0.29) is 5.92 Å². The van der Waals surface area contributed by atoms with Crippen molar-refractivity contribution in [3.8, 4) is 0 Å². The summed E-state index contributed by atoms with van der Waals surface area (Å²) in [6.07, 6.45) is 5.25. The highest BCUT2D eigenvalue weighted by Gasteiger charge is 2.31. The maximum atomic E-state index is 13.2. The Labute approximate surface area is 206 Å². The lowest BCUT2D eigenvalue weighted by atomic mass is 9.95. The number of para-hydroxylation sites is 1. The molecule has 2 aromatic carbocycles. The van der Waals surface area contributed by atoms with E-state index in [0.717, 1.165) is 67.8 Å². The Balaban J connectivity index is 1.16. The molecule has 0 unspecified atom stereocenters. The molecule has 0 saturated carbocycles. The number of piperazine rings is 1. The van der Waals surface area contributed by atoms with Crippen molar-refractivity contribution in [1.82, 2.24) is 14.9 Å². The number of nitrogens with zero attached hydrogens (tertiary/aromatic N) is 5. The maximum absolute atomic E-state index is 13.2. The van der Waals surface area contributed by atoms with Gasteiger partial charge in [0, 0.05) is 68.2 Å². The molecule has 1 amide bonds. The van der Waals surface area contributed by atoms with Gasteiger partial charge < -0.3 is 14.7 Å². The molecule has 34 heavy (non-hydrogen) atoms. The Hall–Kier alpha value is -3.06. The van der Waals surface area contributed by atoms with Gasteiger partial charge in [-0.15, -0.1) is 0 Å². The third kappa shape index (κ3) is 5.20. The van der Waals surface area contributed by atoms with Crippen molar-refractivity contribution >= 4 is 29.2 Å². The van der Waals surface area contributed by atoms with Crippen molar-refractivity contribution < 1.29 is 4.79 Å². The van der Waals surface area contributed by atoms with Crippen LogP contribution in [0.15, 0.2) is 76.9 Å².